The first-order chi connectivity index (χ1) is 6.31. The van der Waals surface area contributed by atoms with Gasteiger partial charge < -0.3 is 4.74 Å². The molecule has 0 rings (SSSR count). The molecule has 0 aromatic heterocycles. The van der Waals surface area contributed by atoms with E-state index in [1.165, 1.54) is 0 Å². The SMILES string of the molecule is CCCCC(=O)COC/C=C/CCl. The van der Waals surface area contributed by atoms with Gasteiger partial charge in [-0.2, -0.15) is 0 Å². The van der Waals surface area contributed by atoms with E-state index in [2.05, 4.69) is 6.92 Å². The number of halogens is 1. The summed E-state index contributed by atoms with van der Waals surface area (Å²) in [5, 5.41) is 0. The molecular weight excluding hydrogens is 188 g/mol. The maximum absolute atomic E-state index is 11.1. The van der Waals surface area contributed by atoms with Crippen molar-refractivity contribution >= 4 is 17.4 Å². The molecule has 0 radical (unpaired) electrons. The predicted molar refractivity (Wildman–Crippen MR) is 55.2 cm³/mol. The fourth-order valence-corrected chi connectivity index (χ4v) is 0.944. The van der Waals surface area contributed by atoms with E-state index < -0.39 is 0 Å². The van der Waals surface area contributed by atoms with Crippen molar-refractivity contribution in [1.82, 2.24) is 0 Å². The molecule has 0 saturated heterocycles. The van der Waals surface area contributed by atoms with E-state index in [0.717, 1.165) is 12.8 Å². The van der Waals surface area contributed by atoms with Crippen LogP contribution < -0.4 is 0 Å². The minimum absolute atomic E-state index is 0.182. The topological polar surface area (TPSA) is 26.3 Å². The number of ketones is 1. The Morgan fingerprint density at radius 1 is 1.46 bits per heavy atom. The Kier molecular flexibility index (Phi) is 9.49. The summed E-state index contributed by atoms with van der Waals surface area (Å²) in [4.78, 5) is 11.1. The van der Waals surface area contributed by atoms with E-state index in [0.29, 0.717) is 18.9 Å². The third-order valence-corrected chi connectivity index (χ3v) is 1.72. The highest BCUT2D eigenvalue weighted by molar-refractivity contribution is 6.18. The Morgan fingerprint density at radius 2 is 2.23 bits per heavy atom. The number of carbonyl (C=O) groups is 1. The van der Waals surface area contributed by atoms with Gasteiger partial charge in [-0.3, -0.25) is 4.79 Å². The van der Waals surface area contributed by atoms with Crippen LogP contribution in [0, 0.1) is 0 Å². The Labute approximate surface area is 84.9 Å². The number of unbranched alkanes of at least 4 members (excludes halogenated alkanes) is 1. The summed E-state index contributed by atoms with van der Waals surface area (Å²) in [5.74, 6) is 0.675. The Bertz CT molecular complexity index is 155. The normalized spacial score (nSPS) is 10.9. The average Bonchev–Trinajstić information content (AvgIpc) is 2.14. The van der Waals surface area contributed by atoms with Gasteiger partial charge in [0.15, 0.2) is 5.78 Å². The summed E-state index contributed by atoms with van der Waals surface area (Å²) >= 11 is 5.40. The molecular formula is C10H17ClO2. The number of rotatable bonds is 8. The zero-order chi connectivity index (χ0) is 9.94. The van der Waals surface area contributed by atoms with Crippen LogP contribution in [-0.4, -0.2) is 24.9 Å². The number of ether oxygens (including phenoxy) is 1. The predicted octanol–water partition coefficient (Wildman–Crippen LogP) is 2.56. The monoisotopic (exact) mass is 204 g/mol. The number of hydrogen-bond donors (Lipinski definition) is 0. The molecule has 0 heterocycles. The molecule has 2 nitrogen and oxygen atoms in total. The smallest absolute Gasteiger partial charge is 0.158 e. The van der Waals surface area contributed by atoms with Gasteiger partial charge in [-0.05, 0) is 6.42 Å². The Morgan fingerprint density at radius 3 is 2.85 bits per heavy atom. The van der Waals surface area contributed by atoms with Gasteiger partial charge in [0, 0.05) is 12.3 Å². The van der Waals surface area contributed by atoms with Crippen molar-refractivity contribution < 1.29 is 9.53 Å². The first-order valence-electron chi connectivity index (χ1n) is 4.61. The molecule has 0 aliphatic rings. The summed E-state index contributed by atoms with van der Waals surface area (Å²) < 4.78 is 5.10. The number of hydrogen-bond acceptors (Lipinski definition) is 2. The van der Waals surface area contributed by atoms with Crippen LogP contribution in [0.5, 0.6) is 0 Å². The fraction of sp³-hybridized carbons (Fsp3) is 0.700. The lowest BCUT2D eigenvalue weighted by atomic mass is 10.2. The molecule has 0 spiro atoms. The standard InChI is InChI=1S/C10H17ClO2/c1-2-3-6-10(12)9-13-8-5-4-7-11/h4-5H,2-3,6-9H2,1H3/b5-4+. The van der Waals surface area contributed by atoms with Gasteiger partial charge >= 0.3 is 0 Å². The first-order valence-corrected chi connectivity index (χ1v) is 5.15. The summed E-state index contributed by atoms with van der Waals surface area (Å²) in [6.07, 6.45) is 6.27. The maximum atomic E-state index is 11.1. The number of Topliss-reactive ketones (excluding diaryl/α,β-unsaturated/α-hetero) is 1. The summed E-state index contributed by atoms with van der Waals surface area (Å²) in [7, 11) is 0. The van der Waals surface area contributed by atoms with Crippen molar-refractivity contribution in [3.05, 3.63) is 12.2 Å². The first kappa shape index (κ1) is 12.7. The van der Waals surface area contributed by atoms with Crippen LogP contribution in [-0.2, 0) is 9.53 Å². The molecule has 0 atom stereocenters. The molecule has 76 valence electrons. The summed E-state index contributed by atoms with van der Waals surface area (Å²) in [6, 6.07) is 0. The van der Waals surface area contributed by atoms with Crippen molar-refractivity contribution in [2.45, 2.75) is 26.2 Å². The lowest BCUT2D eigenvalue weighted by Crippen LogP contribution is -2.08. The molecule has 0 bridgehead atoms. The molecule has 0 aliphatic carbocycles. The summed E-state index contributed by atoms with van der Waals surface area (Å²) in [5.41, 5.74) is 0. The van der Waals surface area contributed by atoms with Crippen molar-refractivity contribution in [1.29, 1.82) is 0 Å². The minimum Gasteiger partial charge on any atom is -0.370 e. The molecule has 0 N–H and O–H groups in total. The molecule has 0 aliphatic heterocycles. The molecule has 0 saturated carbocycles. The third-order valence-electron chi connectivity index (χ3n) is 1.54. The van der Waals surface area contributed by atoms with Crippen LogP contribution in [0.1, 0.15) is 26.2 Å². The van der Waals surface area contributed by atoms with Crippen molar-refractivity contribution in [2.24, 2.45) is 0 Å². The van der Waals surface area contributed by atoms with Crippen LogP contribution in [0.3, 0.4) is 0 Å². The van der Waals surface area contributed by atoms with E-state index in [1.54, 1.807) is 6.08 Å². The van der Waals surface area contributed by atoms with Gasteiger partial charge in [-0.15, -0.1) is 11.6 Å². The molecule has 0 amide bonds. The van der Waals surface area contributed by atoms with Crippen molar-refractivity contribution in [2.75, 3.05) is 19.1 Å². The van der Waals surface area contributed by atoms with Crippen LogP contribution in [0.4, 0.5) is 0 Å². The van der Waals surface area contributed by atoms with E-state index >= 15 is 0 Å². The van der Waals surface area contributed by atoms with E-state index in [1.807, 2.05) is 6.08 Å². The fourth-order valence-electron chi connectivity index (χ4n) is 0.818. The lowest BCUT2D eigenvalue weighted by molar-refractivity contribution is -0.123. The largest absolute Gasteiger partial charge is 0.370 e. The zero-order valence-corrected chi connectivity index (χ0v) is 8.85. The minimum atomic E-state index is 0.182. The molecule has 0 fully saturated rings. The van der Waals surface area contributed by atoms with E-state index in [4.69, 9.17) is 16.3 Å². The van der Waals surface area contributed by atoms with Crippen molar-refractivity contribution in [3.8, 4) is 0 Å². The highest BCUT2D eigenvalue weighted by Crippen LogP contribution is 1.95. The zero-order valence-electron chi connectivity index (χ0n) is 8.09. The molecule has 0 aromatic rings. The van der Waals surface area contributed by atoms with E-state index in [-0.39, 0.29) is 12.4 Å². The molecule has 0 aromatic carbocycles. The lowest BCUT2D eigenvalue weighted by Gasteiger charge is -1.99. The molecule has 0 unspecified atom stereocenters. The molecule has 13 heavy (non-hydrogen) atoms. The highest BCUT2D eigenvalue weighted by atomic mass is 35.5. The quantitative estimate of drug-likeness (QED) is 0.345. The average molecular weight is 205 g/mol. The van der Waals surface area contributed by atoms with E-state index in [9.17, 15) is 4.79 Å². The van der Waals surface area contributed by atoms with Gasteiger partial charge in [0.2, 0.25) is 0 Å². The third kappa shape index (κ3) is 9.57. The van der Waals surface area contributed by atoms with Gasteiger partial charge in [0.05, 0.1) is 6.61 Å². The Balaban J connectivity index is 3.21. The van der Waals surface area contributed by atoms with Gasteiger partial charge in [0.25, 0.3) is 0 Å². The Hall–Kier alpha value is -0.340. The van der Waals surface area contributed by atoms with Gasteiger partial charge in [0.1, 0.15) is 6.61 Å². The second-order valence-electron chi connectivity index (χ2n) is 2.78. The van der Waals surface area contributed by atoms with Crippen LogP contribution in [0.25, 0.3) is 0 Å². The number of allylic oxidation sites excluding steroid dienone is 1. The van der Waals surface area contributed by atoms with Crippen molar-refractivity contribution in [3.63, 3.8) is 0 Å². The summed E-state index contributed by atoms with van der Waals surface area (Å²) in [6.45, 7) is 2.77. The highest BCUT2D eigenvalue weighted by Gasteiger charge is 1.99. The maximum Gasteiger partial charge on any atom is 0.158 e. The van der Waals surface area contributed by atoms with Crippen LogP contribution in [0.15, 0.2) is 12.2 Å². The van der Waals surface area contributed by atoms with Crippen LogP contribution >= 0.6 is 11.6 Å². The van der Waals surface area contributed by atoms with Gasteiger partial charge in [-0.1, -0.05) is 25.5 Å². The second-order valence-corrected chi connectivity index (χ2v) is 3.09. The second kappa shape index (κ2) is 9.75. The van der Waals surface area contributed by atoms with Gasteiger partial charge in [-0.25, -0.2) is 0 Å². The van der Waals surface area contributed by atoms with Crippen LogP contribution in [0.2, 0.25) is 0 Å². The molecule has 3 heteroatoms. The number of alkyl halides is 1. The number of carbonyl (C=O) groups excluding carboxylic acids is 1.